The summed E-state index contributed by atoms with van der Waals surface area (Å²) in [4.78, 5) is 14.8. The van der Waals surface area contributed by atoms with Gasteiger partial charge >= 0.3 is 0 Å². The van der Waals surface area contributed by atoms with Gasteiger partial charge in [-0.2, -0.15) is 0 Å². The summed E-state index contributed by atoms with van der Waals surface area (Å²) in [6.07, 6.45) is 0. The number of benzene rings is 3. The SMILES string of the molecule is CO.Cc1c(C)c(C)c(-c2nc(-c3ccc(O)cc3O)nc(-c3c(C)c(C)c(C)c(C)c3C)n2)c(C)c1C.[Y]. The van der Waals surface area contributed by atoms with Crippen LogP contribution < -0.4 is 0 Å². The maximum atomic E-state index is 10.7. The zero-order valence-corrected chi connectivity index (χ0v) is 27.8. The molecule has 0 bridgehead atoms. The third-order valence-electron chi connectivity index (χ3n) is 8.30. The predicted molar refractivity (Wildman–Crippen MR) is 155 cm³/mol. The molecule has 0 fully saturated rings. The molecule has 0 unspecified atom stereocenters. The van der Waals surface area contributed by atoms with E-state index in [9.17, 15) is 10.2 Å². The number of phenols is 2. The molecule has 0 saturated carbocycles. The topological polar surface area (TPSA) is 99.4 Å². The first-order chi connectivity index (χ1) is 17.8. The van der Waals surface area contributed by atoms with Crippen molar-refractivity contribution >= 4 is 0 Å². The van der Waals surface area contributed by atoms with Gasteiger partial charge in [0, 0.05) is 57.0 Å². The van der Waals surface area contributed by atoms with Crippen molar-refractivity contribution < 1.29 is 48.0 Å². The molecule has 39 heavy (non-hydrogen) atoms. The van der Waals surface area contributed by atoms with Crippen molar-refractivity contribution in [2.24, 2.45) is 0 Å². The summed E-state index contributed by atoms with van der Waals surface area (Å²) in [5, 5.41) is 27.5. The van der Waals surface area contributed by atoms with Crippen LogP contribution in [0, 0.1) is 69.2 Å². The van der Waals surface area contributed by atoms with Gasteiger partial charge in [-0.15, -0.1) is 0 Å². The van der Waals surface area contributed by atoms with Gasteiger partial charge in [-0.05, 0) is 137 Å². The van der Waals surface area contributed by atoms with Crippen molar-refractivity contribution in [3.05, 3.63) is 73.8 Å². The molecule has 0 saturated heterocycles. The molecule has 0 aliphatic carbocycles. The molecule has 0 aliphatic rings. The van der Waals surface area contributed by atoms with E-state index in [2.05, 4.69) is 69.2 Å². The van der Waals surface area contributed by atoms with Gasteiger partial charge in [-0.25, -0.2) is 15.0 Å². The van der Waals surface area contributed by atoms with E-state index in [4.69, 9.17) is 20.1 Å². The summed E-state index contributed by atoms with van der Waals surface area (Å²) in [5.74, 6) is 1.44. The van der Waals surface area contributed by atoms with Crippen LogP contribution in [-0.4, -0.2) is 37.4 Å². The van der Waals surface area contributed by atoms with E-state index in [0.29, 0.717) is 23.0 Å². The van der Waals surface area contributed by atoms with Gasteiger partial charge in [-0.3, -0.25) is 0 Å². The molecular weight excluding hydrogens is 563 g/mol. The fraction of sp³-hybridized carbons (Fsp3) is 0.344. The first kappa shape index (κ1) is 32.5. The van der Waals surface area contributed by atoms with Gasteiger partial charge in [0.1, 0.15) is 11.5 Å². The number of nitrogens with zero attached hydrogens (tertiary/aromatic N) is 3. The molecule has 0 aliphatic heterocycles. The minimum absolute atomic E-state index is 0. The third-order valence-corrected chi connectivity index (χ3v) is 8.30. The molecule has 0 spiro atoms. The number of aromatic hydroxyl groups is 2. The average Bonchev–Trinajstić information content (AvgIpc) is 2.90. The van der Waals surface area contributed by atoms with E-state index in [1.807, 2.05) is 0 Å². The number of aliphatic hydroxyl groups is 1. The molecule has 0 amide bonds. The van der Waals surface area contributed by atoms with Crippen molar-refractivity contribution in [3.8, 4) is 45.7 Å². The minimum atomic E-state index is -0.0764. The van der Waals surface area contributed by atoms with Crippen LogP contribution in [0.3, 0.4) is 0 Å². The second-order valence-electron chi connectivity index (χ2n) is 10.0. The quantitative estimate of drug-likeness (QED) is 0.234. The average molecular weight is 603 g/mol. The number of phenolic OH excluding ortho intramolecular Hbond substituents is 2. The van der Waals surface area contributed by atoms with Crippen LogP contribution in [0.5, 0.6) is 11.5 Å². The Balaban J connectivity index is 0.00000174. The number of hydrogen-bond acceptors (Lipinski definition) is 6. The number of rotatable bonds is 3. The van der Waals surface area contributed by atoms with Crippen molar-refractivity contribution in [2.75, 3.05) is 7.11 Å². The van der Waals surface area contributed by atoms with Crippen LogP contribution in [-0.2, 0) is 32.7 Å². The van der Waals surface area contributed by atoms with Crippen LogP contribution in [0.1, 0.15) is 55.6 Å². The fourth-order valence-electron chi connectivity index (χ4n) is 5.10. The fourth-order valence-corrected chi connectivity index (χ4v) is 5.10. The first-order valence-corrected chi connectivity index (χ1v) is 12.7. The Morgan fingerprint density at radius 3 is 1.10 bits per heavy atom. The maximum absolute atomic E-state index is 10.7. The Morgan fingerprint density at radius 1 is 0.462 bits per heavy atom. The molecular formula is C32H39N3O3Y. The standard InChI is InChI=1S/C31H35N3O2.CH4O.Y/c1-14-16(3)20(7)27(21(8)17(14)4)30-32-29(25-12-11-24(35)13-26(25)36)33-31(34-30)28-22(9)18(5)15(2)19(6)23(28)10;1-2;/h11-13,35-36H,1-10H3;2H,1H3;. The molecule has 203 valence electrons. The Kier molecular flexibility index (Phi) is 10.6. The Hall–Kier alpha value is -2.67. The van der Waals surface area contributed by atoms with Gasteiger partial charge in [0.25, 0.3) is 0 Å². The molecule has 4 rings (SSSR count). The third kappa shape index (κ3) is 5.79. The summed E-state index contributed by atoms with van der Waals surface area (Å²) in [5.41, 5.74) is 14.4. The Morgan fingerprint density at radius 2 is 0.769 bits per heavy atom. The number of hydrogen-bond donors (Lipinski definition) is 3. The van der Waals surface area contributed by atoms with Crippen LogP contribution in [0.2, 0.25) is 0 Å². The van der Waals surface area contributed by atoms with Gasteiger partial charge < -0.3 is 15.3 Å². The summed E-state index contributed by atoms with van der Waals surface area (Å²) < 4.78 is 0. The van der Waals surface area contributed by atoms with Crippen molar-refractivity contribution in [1.82, 2.24) is 15.0 Å². The largest absolute Gasteiger partial charge is 0.508 e. The number of aromatic nitrogens is 3. The zero-order valence-electron chi connectivity index (χ0n) is 25.0. The van der Waals surface area contributed by atoms with Crippen molar-refractivity contribution in [1.29, 1.82) is 0 Å². The van der Waals surface area contributed by atoms with Crippen LogP contribution in [0.25, 0.3) is 34.2 Å². The van der Waals surface area contributed by atoms with Gasteiger partial charge in [0.15, 0.2) is 17.5 Å². The van der Waals surface area contributed by atoms with Gasteiger partial charge in [0.2, 0.25) is 0 Å². The number of aliphatic hydroxyl groups excluding tert-OH is 1. The second-order valence-corrected chi connectivity index (χ2v) is 10.0. The molecule has 1 radical (unpaired) electrons. The van der Waals surface area contributed by atoms with Crippen LogP contribution in [0.4, 0.5) is 0 Å². The van der Waals surface area contributed by atoms with Crippen LogP contribution >= 0.6 is 0 Å². The molecule has 3 aromatic carbocycles. The summed E-state index contributed by atoms with van der Waals surface area (Å²) in [7, 11) is 1.00. The van der Waals surface area contributed by atoms with E-state index in [1.54, 1.807) is 6.07 Å². The van der Waals surface area contributed by atoms with E-state index in [-0.39, 0.29) is 44.2 Å². The maximum Gasteiger partial charge on any atom is 0.167 e. The zero-order chi connectivity index (χ0) is 28.6. The Bertz CT molecular complexity index is 1420. The predicted octanol–water partition coefficient (Wildman–Crippen LogP) is 6.97. The van der Waals surface area contributed by atoms with Crippen LogP contribution in [0.15, 0.2) is 18.2 Å². The van der Waals surface area contributed by atoms with E-state index in [1.165, 1.54) is 45.5 Å². The van der Waals surface area contributed by atoms with E-state index >= 15 is 0 Å². The second kappa shape index (κ2) is 12.7. The van der Waals surface area contributed by atoms with E-state index < -0.39 is 0 Å². The molecule has 1 heterocycles. The first-order valence-electron chi connectivity index (χ1n) is 12.7. The Labute approximate surface area is 257 Å². The molecule has 0 atom stereocenters. The molecule has 3 N–H and O–H groups in total. The summed E-state index contributed by atoms with van der Waals surface area (Å²) in [6.45, 7) is 21.3. The normalized spacial score (nSPS) is 10.6. The molecule has 7 heteroatoms. The summed E-state index contributed by atoms with van der Waals surface area (Å²) >= 11 is 0. The molecule has 1 aromatic heterocycles. The van der Waals surface area contributed by atoms with Crippen molar-refractivity contribution in [2.45, 2.75) is 69.2 Å². The smallest absolute Gasteiger partial charge is 0.167 e. The summed E-state index contributed by atoms with van der Waals surface area (Å²) in [6, 6.07) is 4.49. The monoisotopic (exact) mass is 602 g/mol. The van der Waals surface area contributed by atoms with E-state index in [0.717, 1.165) is 40.5 Å². The molecule has 6 nitrogen and oxygen atoms in total. The minimum Gasteiger partial charge on any atom is -0.508 e. The van der Waals surface area contributed by atoms with Crippen molar-refractivity contribution in [3.63, 3.8) is 0 Å². The van der Waals surface area contributed by atoms with Gasteiger partial charge in [-0.1, -0.05) is 0 Å². The van der Waals surface area contributed by atoms with Gasteiger partial charge in [0.05, 0.1) is 5.56 Å². The molecule has 4 aromatic rings.